The van der Waals surface area contributed by atoms with Gasteiger partial charge in [-0.25, -0.2) is 0 Å². The van der Waals surface area contributed by atoms with Crippen molar-refractivity contribution in [2.24, 2.45) is 0 Å². The van der Waals surface area contributed by atoms with E-state index in [9.17, 15) is 0 Å². The molecule has 7 heavy (non-hydrogen) atoms. The topological polar surface area (TPSA) is 74.6 Å². The van der Waals surface area contributed by atoms with Gasteiger partial charge in [0.05, 0.1) is 0 Å². The van der Waals surface area contributed by atoms with Crippen molar-refractivity contribution in [2.45, 2.75) is 0 Å². The molecule has 7 heteroatoms. The Morgan fingerprint density at radius 1 is 1.14 bits per heavy atom. The van der Waals surface area contributed by atoms with Crippen LogP contribution in [0.4, 0.5) is 0 Å². The predicted octanol–water partition coefficient (Wildman–Crippen LogP) is -2.16. The summed E-state index contributed by atoms with van der Waals surface area (Å²) >= 11 is -5.25. The van der Waals surface area contributed by atoms with Gasteiger partial charge in [0.2, 0.25) is 0 Å². The quantitative estimate of drug-likeness (QED) is 0.482. The Morgan fingerprint density at radius 3 is 1.14 bits per heavy atom. The third kappa shape index (κ3) is 118. The third-order valence-electron chi connectivity index (χ3n) is 0. The molecule has 0 fully saturated rings. The summed E-state index contributed by atoms with van der Waals surface area (Å²) in [5, 5.41) is 0. The molecule has 0 atom stereocenters. The summed E-state index contributed by atoms with van der Waals surface area (Å²) in [6, 6.07) is 0. The molecule has 0 aliphatic carbocycles. The van der Waals surface area contributed by atoms with Gasteiger partial charge in [-0.3, -0.25) is 0 Å². The molecule has 0 unspecified atom stereocenters. The van der Waals surface area contributed by atoms with Crippen LogP contribution in [0.1, 0.15) is 0 Å². The number of hydrogen-bond acceptors (Lipinski definition) is 2. The van der Waals surface area contributed by atoms with Crippen molar-refractivity contribution in [1.82, 2.24) is 0 Å². The van der Waals surface area contributed by atoms with Gasteiger partial charge in [0.15, 0.2) is 0 Å². The van der Waals surface area contributed by atoms with E-state index in [1.54, 1.807) is 0 Å². The molecule has 0 saturated heterocycles. The van der Waals surface area contributed by atoms with E-state index in [4.69, 9.17) is 15.9 Å². The van der Waals surface area contributed by atoms with Crippen LogP contribution in [0, 0.1) is 0 Å². The van der Waals surface area contributed by atoms with Crippen molar-refractivity contribution >= 4 is 40.8 Å². The van der Waals surface area contributed by atoms with Crippen molar-refractivity contribution in [2.75, 3.05) is 0 Å². The SMILES string of the molecule is S.[O]=[Cr](=[O])([OH])[OH].[PbH2]. The van der Waals surface area contributed by atoms with Crippen molar-refractivity contribution in [3.8, 4) is 0 Å². The second-order valence-electron chi connectivity index (χ2n) is 0.448. The Morgan fingerprint density at radius 2 is 1.14 bits per heavy atom. The standard InChI is InChI=1S/Cr.2H2O.2O.Pb.H2S.2H/h;2*1H2;;;;1H2;;/q+2;;;;;;;;/p-2. The average Bonchev–Trinajstić information content (AvgIpc) is 0.722. The van der Waals surface area contributed by atoms with Crippen LogP contribution >= 0.6 is 13.5 Å². The van der Waals surface area contributed by atoms with Crippen LogP contribution in [0.3, 0.4) is 0 Å². The third-order valence-corrected chi connectivity index (χ3v) is 0. The second-order valence-corrected chi connectivity index (χ2v) is 1.85. The van der Waals surface area contributed by atoms with Crippen molar-refractivity contribution in [3.63, 3.8) is 0 Å². The van der Waals surface area contributed by atoms with E-state index in [1.807, 2.05) is 0 Å². The van der Waals surface area contributed by atoms with E-state index in [-0.39, 0.29) is 40.8 Å². The van der Waals surface area contributed by atoms with Crippen molar-refractivity contribution in [3.05, 3.63) is 0 Å². The zero-order valence-corrected chi connectivity index (χ0v) is 11.1. The Bertz CT molecular complexity index is 94.9. The molecular formula is H6CrO4PbS. The first-order chi connectivity index (χ1) is 2.00. The van der Waals surface area contributed by atoms with Crippen LogP contribution in [0.15, 0.2) is 0 Å². The van der Waals surface area contributed by atoms with Crippen LogP contribution < -0.4 is 0 Å². The molecular weight excluding hydrogens is 355 g/mol. The average molecular weight is 361 g/mol. The molecule has 0 rings (SSSR count). The van der Waals surface area contributed by atoms with E-state index in [1.165, 1.54) is 0 Å². The molecule has 0 aromatic rings. The maximum absolute atomic E-state index is 8.82. The van der Waals surface area contributed by atoms with E-state index in [0.717, 1.165) is 0 Å². The summed E-state index contributed by atoms with van der Waals surface area (Å²) in [4.78, 5) is 0. The fourth-order valence-corrected chi connectivity index (χ4v) is 0. The summed E-state index contributed by atoms with van der Waals surface area (Å²) in [5.41, 5.74) is 0. The van der Waals surface area contributed by atoms with Gasteiger partial charge in [-0.15, -0.1) is 0 Å². The Hall–Kier alpha value is 1.32. The van der Waals surface area contributed by atoms with Gasteiger partial charge in [0.25, 0.3) is 0 Å². The van der Waals surface area contributed by atoms with E-state index in [0.29, 0.717) is 0 Å². The second kappa shape index (κ2) is 5.46. The molecule has 0 aliphatic heterocycles. The van der Waals surface area contributed by atoms with Gasteiger partial charge in [0, 0.05) is 0 Å². The normalized spacial score (nSPS) is 8.29. The molecule has 0 heterocycles. The summed E-state index contributed by atoms with van der Waals surface area (Å²) < 4.78 is 31.9. The molecule has 0 amide bonds. The molecule has 0 aromatic carbocycles. The minimum atomic E-state index is -5.25. The summed E-state index contributed by atoms with van der Waals surface area (Å²) in [7, 11) is 0. The fourth-order valence-electron chi connectivity index (χ4n) is 0. The summed E-state index contributed by atoms with van der Waals surface area (Å²) in [6.07, 6.45) is 0. The monoisotopic (exact) mass is 362 g/mol. The molecule has 4 nitrogen and oxygen atoms in total. The Labute approximate surface area is 69.9 Å². The summed E-state index contributed by atoms with van der Waals surface area (Å²) in [5.74, 6) is 0. The van der Waals surface area contributed by atoms with E-state index in [2.05, 4.69) is 0 Å². The first-order valence-electron chi connectivity index (χ1n) is 0.698. The number of rotatable bonds is 0. The molecule has 46 valence electrons. The molecule has 2 N–H and O–H groups in total. The van der Waals surface area contributed by atoms with Crippen molar-refractivity contribution < 1.29 is 29.5 Å². The molecule has 0 saturated carbocycles. The predicted molar refractivity (Wildman–Crippen MR) is 24.7 cm³/mol. The molecule has 2 radical (unpaired) electrons. The van der Waals surface area contributed by atoms with Crippen LogP contribution in [0.2, 0.25) is 0 Å². The number of hydrogen-bond donors (Lipinski definition) is 2. The van der Waals surface area contributed by atoms with Gasteiger partial charge in [0.1, 0.15) is 0 Å². The van der Waals surface area contributed by atoms with E-state index < -0.39 is 13.6 Å². The van der Waals surface area contributed by atoms with Gasteiger partial charge in [-0.1, -0.05) is 0 Å². The first kappa shape index (κ1) is 15.8. The van der Waals surface area contributed by atoms with E-state index >= 15 is 0 Å². The molecule has 0 bridgehead atoms. The maximum atomic E-state index is 8.82. The fraction of sp³-hybridized carbons (Fsp3) is 0. The Balaban J connectivity index is -0.0000000800. The Kier molecular flexibility index (Phi) is 12.3. The first-order valence-corrected chi connectivity index (χ1v) is 2.88. The molecule has 0 aromatic heterocycles. The zero-order chi connectivity index (χ0) is 4.50. The van der Waals surface area contributed by atoms with Crippen molar-refractivity contribution in [1.29, 1.82) is 0 Å². The van der Waals surface area contributed by atoms with Crippen LogP contribution in [0.5, 0.6) is 0 Å². The van der Waals surface area contributed by atoms with Gasteiger partial charge in [-0.2, -0.15) is 13.5 Å². The van der Waals surface area contributed by atoms with Crippen LogP contribution in [-0.2, 0) is 21.2 Å². The zero-order valence-electron chi connectivity index (χ0n) is 3.33. The summed E-state index contributed by atoms with van der Waals surface area (Å²) in [6.45, 7) is 0. The van der Waals surface area contributed by atoms with Crippen LogP contribution in [0.25, 0.3) is 0 Å². The molecule has 0 spiro atoms. The van der Waals surface area contributed by atoms with Gasteiger partial charge >= 0.3 is 56.8 Å². The minimum absolute atomic E-state index is 0. The van der Waals surface area contributed by atoms with Crippen LogP contribution in [-0.4, -0.2) is 35.6 Å². The molecule has 0 aliphatic rings. The van der Waals surface area contributed by atoms with Gasteiger partial charge < -0.3 is 0 Å². The van der Waals surface area contributed by atoms with Gasteiger partial charge in [-0.05, 0) is 0 Å².